The average Bonchev–Trinajstić information content (AvgIpc) is 3.54. The monoisotopic (exact) mass is 468 g/mol. The van der Waals surface area contributed by atoms with Crippen LogP contribution < -0.4 is 15.0 Å². The third-order valence-electron chi connectivity index (χ3n) is 6.88. The molecule has 0 amide bonds. The van der Waals surface area contributed by atoms with E-state index in [1.165, 1.54) is 12.8 Å². The van der Waals surface area contributed by atoms with Crippen LogP contribution in [0.1, 0.15) is 68.9 Å². The van der Waals surface area contributed by atoms with Gasteiger partial charge in [-0.25, -0.2) is 4.68 Å². The number of aromatic amines is 1. The molecule has 1 aliphatic carbocycles. The van der Waals surface area contributed by atoms with Crippen molar-refractivity contribution in [1.29, 1.82) is 0 Å². The lowest BCUT2D eigenvalue weighted by Crippen LogP contribution is -2.34. The summed E-state index contributed by atoms with van der Waals surface area (Å²) in [5.41, 5.74) is 1.24. The van der Waals surface area contributed by atoms with E-state index in [1.54, 1.807) is 0 Å². The van der Waals surface area contributed by atoms with E-state index in [-0.39, 0.29) is 18.2 Å². The van der Waals surface area contributed by atoms with E-state index in [2.05, 4.69) is 32.3 Å². The van der Waals surface area contributed by atoms with Crippen LogP contribution in [0, 0.1) is 0 Å². The summed E-state index contributed by atoms with van der Waals surface area (Å²) in [6.45, 7) is 4.26. The molecule has 5 rings (SSSR count). The van der Waals surface area contributed by atoms with Gasteiger partial charge in [0.05, 0.1) is 17.6 Å². The van der Waals surface area contributed by atoms with Gasteiger partial charge in [0, 0.05) is 36.7 Å². The Hall–Kier alpha value is -2.98. The van der Waals surface area contributed by atoms with Crippen molar-refractivity contribution >= 4 is 10.9 Å². The first-order valence-corrected chi connectivity index (χ1v) is 12.3. The highest BCUT2D eigenvalue weighted by Gasteiger charge is 2.29. The summed E-state index contributed by atoms with van der Waals surface area (Å²) >= 11 is 0. The van der Waals surface area contributed by atoms with Gasteiger partial charge in [-0.1, -0.05) is 19.8 Å². The van der Waals surface area contributed by atoms with Gasteiger partial charge in [-0.15, -0.1) is 5.10 Å². The predicted octanol–water partition coefficient (Wildman–Crippen LogP) is 2.74. The summed E-state index contributed by atoms with van der Waals surface area (Å²) in [7, 11) is 0. The Morgan fingerprint density at radius 2 is 1.97 bits per heavy atom. The lowest BCUT2D eigenvalue weighted by atomic mass is 10.1. The first-order valence-electron chi connectivity index (χ1n) is 12.3. The van der Waals surface area contributed by atoms with Crippen molar-refractivity contribution in [2.75, 3.05) is 26.4 Å². The van der Waals surface area contributed by atoms with E-state index in [1.807, 2.05) is 22.9 Å². The number of aromatic nitrogens is 5. The Kier molecular flexibility index (Phi) is 6.77. The number of H-pyrrole nitrogens is 1. The van der Waals surface area contributed by atoms with Gasteiger partial charge in [0.15, 0.2) is 17.3 Å². The molecule has 2 aromatic heterocycles. The number of nitrogens with zero attached hydrogens (tertiary/aromatic N) is 5. The van der Waals surface area contributed by atoms with Crippen LogP contribution in [-0.4, -0.2) is 61.6 Å². The summed E-state index contributed by atoms with van der Waals surface area (Å²) in [5.74, 6) is 2.18. The van der Waals surface area contributed by atoms with Crippen LogP contribution in [0.15, 0.2) is 23.0 Å². The van der Waals surface area contributed by atoms with Crippen LogP contribution in [0.5, 0.6) is 11.5 Å². The highest BCUT2D eigenvalue weighted by atomic mass is 16.6. The molecule has 1 saturated carbocycles. The van der Waals surface area contributed by atoms with Gasteiger partial charge < -0.3 is 19.6 Å². The zero-order chi connectivity index (χ0) is 23.5. The molecule has 34 heavy (non-hydrogen) atoms. The van der Waals surface area contributed by atoms with Gasteiger partial charge in [0.1, 0.15) is 13.2 Å². The summed E-state index contributed by atoms with van der Waals surface area (Å²) in [6, 6.07) is 5.93. The smallest absolute Gasteiger partial charge is 0.252 e. The summed E-state index contributed by atoms with van der Waals surface area (Å²) in [6.07, 6.45) is 5.96. The van der Waals surface area contributed by atoms with Crippen molar-refractivity contribution in [3.8, 4) is 11.5 Å². The maximum absolute atomic E-state index is 13.0. The van der Waals surface area contributed by atoms with Gasteiger partial charge in [-0.3, -0.25) is 9.69 Å². The molecule has 10 nitrogen and oxygen atoms in total. The van der Waals surface area contributed by atoms with Crippen molar-refractivity contribution in [3.63, 3.8) is 0 Å². The minimum atomic E-state index is -0.136. The number of aliphatic hydroxyl groups is 1. The molecule has 1 atom stereocenters. The Labute approximate surface area is 197 Å². The fourth-order valence-corrected chi connectivity index (χ4v) is 5.18. The number of aliphatic hydroxyl groups excluding tert-OH is 1. The molecule has 2 N–H and O–H groups in total. The van der Waals surface area contributed by atoms with Gasteiger partial charge in [-0.05, 0) is 48.2 Å². The average molecular weight is 469 g/mol. The van der Waals surface area contributed by atoms with Crippen molar-refractivity contribution < 1.29 is 14.6 Å². The van der Waals surface area contributed by atoms with E-state index in [0.29, 0.717) is 55.8 Å². The Morgan fingerprint density at radius 1 is 1.21 bits per heavy atom. The molecule has 0 spiro atoms. The van der Waals surface area contributed by atoms with Gasteiger partial charge in [0.25, 0.3) is 5.56 Å². The number of ether oxygens (including phenoxy) is 2. The number of hydrogen-bond acceptors (Lipinski definition) is 8. The molecule has 1 fully saturated rings. The van der Waals surface area contributed by atoms with Crippen molar-refractivity contribution in [2.24, 2.45) is 0 Å². The minimum absolute atomic E-state index is 0.0579. The Balaban J connectivity index is 1.47. The lowest BCUT2D eigenvalue weighted by molar-refractivity contribution is 0.150. The van der Waals surface area contributed by atoms with Crippen LogP contribution in [0.3, 0.4) is 0 Å². The number of hydrogen-bond donors (Lipinski definition) is 2. The second-order valence-electron chi connectivity index (χ2n) is 9.10. The van der Waals surface area contributed by atoms with Crippen LogP contribution in [0.4, 0.5) is 0 Å². The third kappa shape index (κ3) is 4.52. The molecule has 1 unspecified atom stereocenters. The van der Waals surface area contributed by atoms with Crippen LogP contribution in [-0.2, 0) is 6.54 Å². The predicted molar refractivity (Wildman–Crippen MR) is 126 cm³/mol. The van der Waals surface area contributed by atoms with Crippen molar-refractivity contribution in [1.82, 2.24) is 30.1 Å². The van der Waals surface area contributed by atoms with Crippen molar-refractivity contribution in [2.45, 2.75) is 64.1 Å². The molecule has 3 aromatic rings. The van der Waals surface area contributed by atoms with Crippen LogP contribution >= 0.6 is 0 Å². The zero-order valence-corrected chi connectivity index (χ0v) is 19.6. The number of rotatable bonds is 9. The highest BCUT2D eigenvalue weighted by Crippen LogP contribution is 2.35. The topological polar surface area (TPSA) is 118 Å². The summed E-state index contributed by atoms with van der Waals surface area (Å²) in [4.78, 5) is 18.3. The Morgan fingerprint density at radius 3 is 2.71 bits per heavy atom. The summed E-state index contributed by atoms with van der Waals surface area (Å²) in [5, 5.41) is 23.2. The lowest BCUT2D eigenvalue weighted by Gasteiger charge is -2.30. The normalized spacial score (nSPS) is 17.0. The molecule has 0 bridgehead atoms. The molecule has 1 aliphatic heterocycles. The van der Waals surface area contributed by atoms with Gasteiger partial charge in [0.2, 0.25) is 0 Å². The maximum Gasteiger partial charge on any atom is 0.252 e. The molecule has 0 saturated heterocycles. The molecular formula is C24H32N6O4. The van der Waals surface area contributed by atoms with E-state index in [4.69, 9.17) is 9.47 Å². The van der Waals surface area contributed by atoms with E-state index in [9.17, 15) is 9.90 Å². The maximum atomic E-state index is 13.0. The van der Waals surface area contributed by atoms with Crippen LogP contribution in [0.2, 0.25) is 0 Å². The minimum Gasteiger partial charge on any atom is -0.486 e. The number of tetrazole rings is 1. The van der Waals surface area contributed by atoms with Gasteiger partial charge in [-0.2, -0.15) is 0 Å². The molecule has 1 aromatic carbocycles. The standard InChI is InChI=1S/C24H32N6O4/c1-2-20(23-26-27-28-30(23)18-6-3-4-7-18)29(8-5-9-31)15-17-12-16-13-21-22(34-11-10-33-21)14-19(16)25-24(17)32/h12-14,18,20,31H,2-11,15H2,1H3,(H,25,32). The quantitative estimate of drug-likeness (QED) is 0.492. The van der Waals surface area contributed by atoms with Gasteiger partial charge >= 0.3 is 0 Å². The number of fused-ring (bicyclic) bond motifs is 2. The SMILES string of the molecule is CCC(c1nnnn1C1CCCC1)N(CCCO)Cc1cc2cc3c(cc2[nH]c1=O)OCCO3. The second kappa shape index (κ2) is 10.1. The van der Waals surface area contributed by atoms with Crippen molar-refractivity contribution in [3.05, 3.63) is 39.9 Å². The highest BCUT2D eigenvalue weighted by molar-refractivity contribution is 5.83. The molecule has 3 heterocycles. The molecule has 10 heteroatoms. The van der Waals surface area contributed by atoms with E-state index >= 15 is 0 Å². The Bertz CT molecular complexity index is 1190. The number of pyridine rings is 1. The fraction of sp³-hybridized carbons (Fsp3) is 0.583. The molecule has 182 valence electrons. The molecule has 0 radical (unpaired) electrons. The number of nitrogens with one attached hydrogen (secondary N) is 1. The second-order valence-corrected chi connectivity index (χ2v) is 9.10. The first-order chi connectivity index (χ1) is 16.7. The molecular weight excluding hydrogens is 436 g/mol. The first kappa shape index (κ1) is 22.8. The molecule has 2 aliphatic rings. The number of benzene rings is 1. The summed E-state index contributed by atoms with van der Waals surface area (Å²) < 4.78 is 13.4. The van der Waals surface area contributed by atoms with E-state index < -0.39 is 0 Å². The third-order valence-corrected chi connectivity index (χ3v) is 6.88. The fourth-order valence-electron chi connectivity index (χ4n) is 5.18. The van der Waals surface area contributed by atoms with Crippen LogP contribution in [0.25, 0.3) is 10.9 Å². The van der Waals surface area contributed by atoms with E-state index in [0.717, 1.165) is 36.0 Å². The largest absolute Gasteiger partial charge is 0.486 e. The zero-order valence-electron chi connectivity index (χ0n) is 19.6.